The number of morpholine rings is 1. The number of aromatic nitrogens is 2. The summed E-state index contributed by atoms with van der Waals surface area (Å²) < 4.78 is 16.3. The molecule has 10 heteroatoms. The third-order valence-corrected chi connectivity index (χ3v) is 8.15. The molecule has 5 rings (SSSR count). The molecule has 2 aliphatic heterocycles. The van der Waals surface area contributed by atoms with E-state index in [2.05, 4.69) is 74.1 Å². The highest BCUT2D eigenvalue weighted by molar-refractivity contribution is 5.75. The number of carbonyl (C=O) groups excluding carboxylic acids is 1. The first kappa shape index (κ1) is 32.9. The topological polar surface area (TPSA) is 121 Å². The fourth-order valence-electron chi connectivity index (χ4n) is 5.40. The van der Waals surface area contributed by atoms with Crippen molar-refractivity contribution in [1.29, 1.82) is 5.26 Å². The maximum atomic E-state index is 12.7. The Balaban J connectivity index is 1.27. The highest BCUT2D eigenvalue weighted by atomic mass is 16.7. The Hall–Kier alpha value is -4.48. The largest absolute Gasteiger partial charge is 0.450 e. The number of carbonyl (C=O) groups is 1. The van der Waals surface area contributed by atoms with Crippen LogP contribution in [0.4, 0.5) is 0 Å². The molecule has 1 N–H and O–H groups in total. The van der Waals surface area contributed by atoms with Gasteiger partial charge in [-0.05, 0) is 56.2 Å². The molecular weight excluding hydrogens is 582 g/mol. The molecule has 1 atom stereocenters. The Kier molecular flexibility index (Phi) is 10.9. The zero-order valence-electron chi connectivity index (χ0n) is 26.8. The van der Waals surface area contributed by atoms with Crippen LogP contribution in [0, 0.1) is 34.5 Å². The first-order valence-corrected chi connectivity index (χ1v) is 15.7. The second-order valence-corrected chi connectivity index (χ2v) is 12.9. The van der Waals surface area contributed by atoms with E-state index in [9.17, 15) is 14.9 Å². The van der Waals surface area contributed by atoms with Crippen molar-refractivity contribution in [2.75, 3.05) is 52.7 Å². The molecule has 0 bridgehead atoms. The number of hydrogen-bond acceptors (Lipinski definition) is 9. The Morgan fingerprint density at radius 1 is 1.04 bits per heavy atom. The van der Waals surface area contributed by atoms with Crippen LogP contribution in [0.25, 0.3) is 0 Å². The van der Waals surface area contributed by atoms with Gasteiger partial charge in [0.25, 0.3) is 5.56 Å². The molecule has 2 aromatic carbocycles. The Labute approximate surface area is 270 Å². The maximum Gasteiger partial charge on any atom is 0.314 e. The second-order valence-electron chi connectivity index (χ2n) is 12.9. The summed E-state index contributed by atoms with van der Waals surface area (Å²) in [7, 11) is 0. The van der Waals surface area contributed by atoms with Crippen LogP contribution in [0.3, 0.4) is 0 Å². The third kappa shape index (κ3) is 9.04. The average molecular weight is 624 g/mol. The molecule has 0 aliphatic carbocycles. The number of nitrogens with zero attached hydrogens (tertiary/aromatic N) is 4. The van der Waals surface area contributed by atoms with Crippen LogP contribution in [-0.2, 0) is 27.2 Å². The number of nitriles is 1. The van der Waals surface area contributed by atoms with Gasteiger partial charge in [-0.2, -0.15) is 5.26 Å². The van der Waals surface area contributed by atoms with E-state index in [-0.39, 0.29) is 24.4 Å². The smallest absolute Gasteiger partial charge is 0.314 e. The van der Waals surface area contributed by atoms with Gasteiger partial charge >= 0.3 is 5.97 Å². The summed E-state index contributed by atoms with van der Waals surface area (Å²) in [6.45, 7) is 11.4. The molecule has 2 saturated heterocycles. The first-order chi connectivity index (χ1) is 22.2. The van der Waals surface area contributed by atoms with Gasteiger partial charge in [0.2, 0.25) is 12.5 Å². The van der Waals surface area contributed by atoms with E-state index in [4.69, 9.17) is 14.2 Å². The lowest BCUT2D eigenvalue weighted by atomic mass is 9.90. The molecule has 3 aromatic rings. The predicted octanol–water partition coefficient (Wildman–Crippen LogP) is 3.71. The lowest BCUT2D eigenvalue weighted by Gasteiger charge is -2.37. The van der Waals surface area contributed by atoms with E-state index in [1.807, 2.05) is 12.1 Å². The van der Waals surface area contributed by atoms with E-state index < -0.39 is 16.9 Å². The van der Waals surface area contributed by atoms with Crippen molar-refractivity contribution in [3.63, 3.8) is 0 Å². The molecule has 2 aliphatic rings. The lowest BCUT2D eigenvalue weighted by molar-refractivity contribution is -0.159. The molecule has 3 heterocycles. The number of hydrogen-bond donors (Lipinski definition) is 1. The summed E-state index contributed by atoms with van der Waals surface area (Å²) in [5.74, 6) is 6.14. The summed E-state index contributed by atoms with van der Waals surface area (Å²) in [5, 5.41) is 9.28. The highest BCUT2D eigenvalue weighted by Crippen LogP contribution is 2.28. The number of benzene rings is 2. The van der Waals surface area contributed by atoms with Gasteiger partial charge in [0.05, 0.1) is 42.6 Å². The highest BCUT2D eigenvalue weighted by Gasteiger charge is 2.30. The van der Waals surface area contributed by atoms with Crippen molar-refractivity contribution in [1.82, 2.24) is 19.8 Å². The predicted molar refractivity (Wildman–Crippen MR) is 173 cm³/mol. The van der Waals surface area contributed by atoms with Crippen molar-refractivity contribution in [2.45, 2.75) is 39.7 Å². The molecule has 240 valence electrons. The monoisotopic (exact) mass is 623 g/mol. The quantitative estimate of drug-likeness (QED) is 0.205. The molecule has 2 fully saturated rings. The summed E-state index contributed by atoms with van der Waals surface area (Å²) in [6, 6.07) is 18.8. The van der Waals surface area contributed by atoms with Crippen molar-refractivity contribution < 1.29 is 19.0 Å². The van der Waals surface area contributed by atoms with Gasteiger partial charge in [0.1, 0.15) is 0 Å². The van der Waals surface area contributed by atoms with Gasteiger partial charge in [0, 0.05) is 62.7 Å². The van der Waals surface area contributed by atoms with Crippen LogP contribution >= 0.6 is 0 Å². The van der Waals surface area contributed by atoms with Crippen LogP contribution in [0.15, 0.2) is 59.7 Å². The minimum Gasteiger partial charge on any atom is -0.450 e. The molecule has 46 heavy (non-hydrogen) atoms. The molecule has 0 spiro atoms. The molecule has 0 amide bonds. The SMILES string of the molecule is CC(C)(C)C(=O)OCOc1c(C[C@H](CN2CC(C#N)C2)c2ccc(C#Cc3ccc(CN4CCOCC4)cc3)cc2)nc[nH]c1=O. The second kappa shape index (κ2) is 15.2. The third-order valence-electron chi connectivity index (χ3n) is 8.15. The van der Waals surface area contributed by atoms with Gasteiger partial charge in [-0.15, -0.1) is 0 Å². The molecule has 0 radical (unpaired) electrons. The van der Waals surface area contributed by atoms with E-state index in [0.717, 1.165) is 49.5 Å². The van der Waals surface area contributed by atoms with Crippen LogP contribution in [0.1, 0.15) is 54.6 Å². The van der Waals surface area contributed by atoms with Gasteiger partial charge in [-0.25, -0.2) is 4.98 Å². The zero-order chi connectivity index (χ0) is 32.5. The fourth-order valence-corrected chi connectivity index (χ4v) is 5.40. The van der Waals surface area contributed by atoms with Gasteiger partial charge in [0.15, 0.2) is 0 Å². The number of nitrogens with one attached hydrogen (secondary N) is 1. The zero-order valence-corrected chi connectivity index (χ0v) is 26.8. The van der Waals surface area contributed by atoms with Crippen molar-refractivity contribution in [3.05, 3.63) is 93.2 Å². The van der Waals surface area contributed by atoms with Gasteiger partial charge < -0.3 is 24.1 Å². The molecule has 10 nitrogen and oxygen atoms in total. The Bertz CT molecular complexity index is 1630. The van der Waals surface area contributed by atoms with Crippen molar-refractivity contribution in [3.8, 4) is 23.7 Å². The van der Waals surface area contributed by atoms with Crippen LogP contribution in [0.5, 0.6) is 5.75 Å². The van der Waals surface area contributed by atoms with Crippen LogP contribution < -0.4 is 10.3 Å². The van der Waals surface area contributed by atoms with E-state index in [0.29, 0.717) is 31.7 Å². The van der Waals surface area contributed by atoms with Crippen LogP contribution in [0.2, 0.25) is 0 Å². The number of ether oxygens (including phenoxy) is 3. The fraction of sp³-hybridized carbons (Fsp3) is 0.444. The maximum absolute atomic E-state index is 12.7. The normalized spacial score (nSPS) is 16.4. The summed E-state index contributed by atoms with van der Waals surface area (Å²) in [5.41, 5.74) is 3.52. The van der Waals surface area contributed by atoms with Crippen molar-refractivity contribution >= 4 is 5.97 Å². The van der Waals surface area contributed by atoms with E-state index >= 15 is 0 Å². The number of aromatic amines is 1. The molecule has 0 saturated carbocycles. The molecule has 0 unspecified atom stereocenters. The number of rotatable bonds is 10. The summed E-state index contributed by atoms with van der Waals surface area (Å²) in [4.78, 5) is 36.5. The first-order valence-electron chi connectivity index (χ1n) is 15.7. The molecular formula is C36H41N5O5. The van der Waals surface area contributed by atoms with E-state index in [1.165, 1.54) is 11.9 Å². The summed E-state index contributed by atoms with van der Waals surface area (Å²) in [6.07, 6.45) is 1.77. The minimum absolute atomic E-state index is 0.0285. The number of likely N-dealkylation sites (tertiary alicyclic amines) is 1. The molecule has 1 aromatic heterocycles. The minimum atomic E-state index is -0.693. The van der Waals surface area contributed by atoms with Gasteiger partial charge in [-0.3, -0.25) is 14.5 Å². The number of H-pyrrole nitrogens is 1. The van der Waals surface area contributed by atoms with Crippen molar-refractivity contribution in [2.24, 2.45) is 11.3 Å². The standard InChI is InChI=1S/C36H41N5O5/c1-36(2,3)35(43)46-25-45-33-32(38-24-39-34(33)42)18-31(23-41-21-29(19-37)22-41)30-12-10-27(11-13-30)5-4-26-6-8-28(9-7-26)20-40-14-16-44-17-15-40/h6-13,24,29,31H,14-18,20-23,25H2,1-3H3,(H,38,39,42)/t31-/m1/s1. The lowest BCUT2D eigenvalue weighted by Crippen LogP contribution is -2.47. The van der Waals surface area contributed by atoms with E-state index in [1.54, 1.807) is 20.8 Å². The number of esters is 1. The Morgan fingerprint density at radius 2 is 1.70 bits per heavy atom. The van der Waals surface area contributed by atoms with Gasteiger partial charge in [-0.1, -0.05) is 36.1 Å². The van der Waals surface area contributed by atoms with Crippen LogP contribution in [-0.4, -0.2) is 78.5 Å². The summed E-state index contributed by atoms with van der Waals surface area (Å²) >= 11 is 0. The Morgan fingerprint density at radius 3 is 2.33 bits per heavy atom. The average Bonchev–Trinajstić information content (AvgIpc) is 3.03.